The first-order chi connectivity index (χ1) is 19.6. The highest BCUT2D eigenvalue weighted by molar-refractivity contribution is 5.84. The summed E-state index contributed by atoms with van der Waals surface area (Å²) in [7, 11) is 4.50. The van der Waals surface area contributed by atoms with Crippen molar-refractivity contribution in [1.29, 1.82) is 0 Å². The van der Waals surface area contributed by atoms with Crippen LogP contribution < -0.4 is 24.5 Å². The summed E-state index contributed by atoms with van der Waals surface area (Å²) in [5.41, 5.74) is 3.34. The number of ether oxygens (including phenoxy) is 4. The molecule has 3 aromatic carbocycles. The number of fused-ring (bicyclic) bond motifs is 1. The zero-order valence-corrected chi connectivity index (χ0v) is 24.1. The van der Waals surface area contributed by atoms with Gasteiger partial charge in [-0.25, -0.2) is 9.78 Å². The number of nitrogens with zero attached hydrogens (tertiary/aromatic N) is 3. The van der Waals surface area contributed by atoms with E-state index in [-0.39, 0.29) is 28.7 Å². The summed E-state index contributed by atoms with van der Waals surface area (Å²) in [6.07, 6.45) is 0.351. The highest BCUT2D eigenvalue weighted by atomic mass is 16.6. The van der Waals surface area contributed by atoms with Crippen molar-refractivity contribution in [1.82, 2.24) is 9.66 Å². The van der Waals surface area contributed by atoms with Crippen LogP contribution >= 0.6 is 0 Å². The first-order valence-electron chi connectivity index (χ1n) is 13.0. The smallest absolute Gasteiger partial charge is 0.344 e. The Morgan fingerprint density at radius 1 is 0.976 bits per heavy atom. The third-order valence-corrected chi connectivity index (χ3v) is 6.64. The number of carbonyl (C=O) groups is 1. The van der Waals surface area contributed by atoms with E-state index in [1.165, 1.54) is 32.0 Å². The van der Waals surface area contributed by atoms with Crippen LogP contribution in [0.4, 0.5) is 0 Å². The van der Waals surface area contributed by atoms with Gasteiger partial charge in [-0.15, -0.1) is 0 Å². The Balaban J connectivity index is 1.92. The molecule has 10 heteroatoms. The van der Waals surface area contributed by atoms with Crippen molar-refractivity contribution in [2.24, 2.45) is 5.10 Å². The van der Waals surface area contributed by atoms with E-state index >= 15 is 0 Å². The SMILES string of the molecule is COc1cc(C)c(-c2nc3ccccc3c(=O)n2N=Cc2cc(OC)c(O[C@H](C)C(=O)O)c(OC)c2)cc1C(C)C. The predicted octanol–water partition coefficient (Wildman–Crippen LogP) is 5.26. The van der Waals surface area contributed by atoms with E-state index in [2.05, 4.69) is 18.9 Å². The third kappa shape index (κ3) is 5.86. The molecular weight excluding hydrogens is 526 g/mol. The number of hydrogen-bond donors (Lipinski definition) is 1. The molecule has 0 aliphatic rings. The average molecular weight is 560 g/mol. The second-order valence-corrected chi connectivity index (χ2v) is 9.73. The van der Waals surface area contributed by atoms with Crippen LogP contribution in [0.2, 0.25) is 0 Å². The van der Waals surface area contributed by atoms with Crippen molar-refractivity contribution < 1.29 is 28.8 Å². The van der Waals surface area contributed by atoms with E-state index in [0.29, 0.717) is 22.3 Å². The highest BCUT2D eigenvalue weighted by Crippen LogP contribution is 2.39. The van der Waals surface area contributed by atoms with E-state index in [4.69, 9.17) is 23.9 Å². The summed E-state index contributed by atoms with van der Waals surface area (Å²) in [5.74, 6) is 0.802. The number of methoxy groups -OCH3 is 3. The summed E-state index contributed by atoms with van der Waals surface area (Å²) in [6, 6.07) is 14.3. The minimum Gasteiger partial charge on any atom is -0.496 e. The molecule has 1 heterocycles. The summed E-state index contributed by atoms with van der Waals surface area (Å²) >= 11 is 0. The molecule has 0 unspecified atom stereocenters. The minimum atomic E-state index is -1.13. The fourth-order valence-corrected chi connectivity index (χ4v) is 4.41. The van der Waals surface area contributed by atoms with Crippen molar-refractivity contribution in [3.05, 3.63) is 75.6 Å². The molecule has 0 amide bonds. The summed E-state index contributed by atoms with van der Waals surface area (Å²) in [4.78, 5) is 29.9. The van der Waals surface area contributed by atoms with Gasteiger partial charge in [-0.3, -0.25) is 4.79 Å². The van der Waals surface area contributed by atoms with Crippen molar-refractivity contribution in [2.75, 3.05) is 21.3 Å². The van der Waals surface area contributed by atoms with Crippen LogP contribution in [-0.2, 0) is 4.79 Å². The van der Waals surface area contributed by atoms with Gasteiger partial charge in [0, 0.05) is 11.1 Å². The van der Waals surface area contributed by atoms with Gasteiger partial charge in [0.15, 0.2) is 23.4 Å². The molecule has 0 radical (unpaired) electrons. The minimum absolute atomic E-state index is 0.141. The van der Waals surface area contributed by atoms with Crippen molar-refractivity contribution >= 4 is 23.1 Å². The zero-order chi connectivity index (χ0) is 29.8. The maximum absolute atomic E-state index is 13.7. The first-order valence-corrected chi connectivity index (χ1v) is 13.0. The number of hydrogen-bond acceptors (Lipinski definition) is 8. The predicted molar refractivity (Wildman–Crippen MR) is 157 cm³/mol. The lowest BCUT2D eigenvalue weighted by Crippen LogP contribution is -2.23. The fraction of sp³-hybridized carbons (Fsp3) is 0.290. The number of aromatic nitrogens is 2. The maximum Gasteiger partial charge on any atom is 0.344 e. The lowest BCUT2D eigenvalue weighted by atomic mass is 9.96. The van der Waals surface area contributed by atoms with E-state index in [1.54, 1.807) is 37.4 Å². The fourth-order valence-electron chi connectivity index (χ4n) is 4.41. The molecule has 0 fully saturated rings. The molecule has 0 saturated carbocycles. The number of aliphatic carboxylic acids is 1. The molecule has 0 saturated heterocycles. The summed E-state index contributed by atoms with van der Waals surface area (Å²) in [6.45, 7) is 7.48. The standard InChI is InChI=1S/C31H33N3O7/c1-17(2)22-15-23(18(3)12-25(22)38-5)29-33-24-11-9-8-10-21(24)30(35)34(29)32-16-20-13-26(39-6)28(27(14-20)40-7)41-19(4)31(36)37/h8-17,19H,1-7H3,(H,36,37)/t19-/m1/s1. The van der Waals surface area contributed by atoms with Crippen LogP contribution in [0.25, 0.3) is 22.3 Å². The molecule has 0 aliphatic carbocycles. The molecule has 10 nitrogen and oxygen atoms in total. The Morgan fingerprint density at radius 2 is 1.61 bits per heavy atom. The Hall–Kier alpha value is -4.86. The second-order valence-electron chi connectivity index (χ2n) is 9.73. The lowest BCUT2D eigenvalue weighted by Gasteiger charge is -2.18. The van der Waals surface area contributed by atoms with Crippen LogP contribution in [0.3, 0.4) is 0 Å². The van der Waals surface area contributed by atoms with E-state index in [9.17, 15) is 14.7 Å². The molecule has 214 valence electrons. The van der Waals surface area contributed by atoms with Gasteiger partial charge >= 0.3 is 5.97 Å². The Labute approximate surface area is 237 Å². The number of benzene rings is 3. The Morgan fingerprint density at radius 3 is 2.20 bits per heavy atom. The largest absolute Gasteiger partial charge is 0.496 e. The molecule has 0 bridgehead atoms. The monoisotopic (exact) mass is 559 g/mol. The molecule has 1 aromatic heterocycles. The highest BCUT2D eigenvalue weighted by Gasteiger charge is 2.21. The number of rotatable bonds is 10. The molecule has 0 spiro atoms. The third-order valence-electron chi connectivity index (χ3n) is 6.64. The van der Waals surface area contributed by atoms with E-state index < -0.39 is 12.1 Å². The van der Waals surface area contributed by atoms with E-state index in [1.807, 2.05) is 25.1 Å². The molecular formula is C31H33N3O7. The molecule has 1 N–H and O–H groups in total. The number of carboxylic acids is 1. The quantitative estimate of drug-likeness (QED) is 0.261. The van der Waals surface area contributed by atoms with Gasteiger partial charge in [-0.2, -0.15) is 9.78 Å². The van der Waals surface area contributed by atoms with Gasteiger partial charge in [0.2, 0.25) is 5.75 Å². The molecule has 4 rings (SSSR count). The lowest BCUT2D eigenvalue weighted by molar-refractivity contribution is -0.144. The van der Waals surface area contributed by atoms with Crippen LogP contribution in [0.5, 0.6) is 23.0 Å². The Kier molecular flexibility index (Phi) is 8.61. The Bertz CT molecular complexity index is 1670. The van der Waals surface area contributed by atoms with Crippen LogP contribution in [0.15, 0.2) is 58.4 Å². The van der Waals surface area contributed by atoms with Crippen molar-refractivity contribution in [3.8, 4) is 34.4 Å². The maximum atomic E-state index is 13.7. The zero-order valence-electron chi connectivity index (χ0n) is 24.1. The average Bonchev–Trinajstić information content (AvgIpc) is 2.96. The van der Waals surface area contributed by atoms with Crippen LogP contribution in [0, 0.1) is 6.92 Å². The molecule has 41 heavy (non-hydrogen) atoms. The van der Waals surface area contributed by atoms with Gasteiger partial charge in [0.05, 0.1) is 38.4 Å². The molecule has 4 aromatic rings. The summed E-state index contributed by atoms with van der Waals surface area (Å²) in [5, 5.41) is 14.3. The van der Waals surface area contributed by atoms with Gasteiger partial charge in [-0.05, 0) is 67.3 Å². The van der Waals surface area contributed by atoms with E-state index in [0.717, 1.165) is 22.4 Å². The van der Waals surface area contributed by atoms with Crippen LogP contribution in [-0.4, -0.2) is 54.4 Å². The van der Waals surface area contributed by atoms with Gasteiger partial charge in [-0.1, -0.05) is 26.0 Å². The molecule has 1 atom stereocenters. The first kappa shape index (κ1) is 29.1. The van der Waals surface area contributed by atoms with Gasteiger partial charge in [0.1, 0.15) is 5.75 Å². The van der Waals surface area contributed by atoms with Crippen LogP contribution in [0.1, 0.15) is 43.4 Å². The van der Waals surface area contributed by atoms with Gasteiger partial charge in [0.25, 0.3) is 5.56 Å². The number of para-hydroxylation sites is 1. The topological polar surface area (TPSA) is 121 Å². The number of carboxylic acid groups (broad SMARTS) is 1. The summed E-state index contributed by atoms with van der Waals surface area (Å²) < 4.78 is 23.4. The second kappa shape index (κ2) is 12.1. The normalized spacial score (nSPS) is 12.1. The number of aryl methyl sites for hydroxylation is 1. The molecule has 0 aliphatic heterocycles. The van der Waals surface area contributed by atoms with Crippen molar-refractivity contribution in [2.45, 2.75) is 39.7 Å². The van der Waals surface area contributed by atoms with Gasteiger partial charge < -0.3 is 24.1 Å². The van der Waals surface area contributed by atoms with Crippen molar-refractivity contribution in [3.63, 3.8) is 0 Å².